The number of nitrogens with two attached hydrogens (primary N) is 1. The van der Waals surface area contributed by atoms with Gasteiger partial charge in [0.15, 0.2) is 0 Å². The van der Waals surface area contributed by atoms with Gasteiger partial charge in [0.2, 0.25) is 0 Å². The highest BCUT2D eigenvalue weighted by atomic mass is 15.2. The zero-order chi connectivity index (χ0) is 7.68. The van der Waals surface area contributed by atoms with Crippen molar-refractivity contribution in [3.63, 3.8) is 0 Å². The second kappa shape index (κ2) is 2.49. The van der Waals surface area contributed by atoms with Crippen LogP contribution in [0.3, 0.4) is 0 Å². The lowest BCUT2D eigenvalue weighted by Gasteiger charge is -2.07. The van der Waals surface area contributed by atoms with Crippen molar-refractivity contribution in [3.05, 3.63) is 41.5 Å². The van der Waals surface area contributed by atoms with Gasteiger partial charge < -0.3 is 0 Å². The molecule has 1 aromatic carbocycles. The summed E-state index contributed by atoms with van der Waals surface area (Å²) in [6, 6.07) is 8.42. The Morgan fingerprint density at radius 3 is 2.91 bits per heavy atom. The molecule has 0 saturated heterocycles. The van der Waals surface area contributed by atoms with Crippen LogP contribution in [0.4, 0.5) is 0 Å². The Morgan fingerprint density at radius 2 is 2.09 bits per heavy atom. The summed E-state index contributed by atoms with van der Waals surface area (Å²) in [6.45, 7) is 0. The van der Waals surface area contributed by atoms with E-state index in [4.69, 9.17) is 5.84 Å². The number of benzene rings is 1. The average Bonchev–Trinajstić information content (AvgIpc) is 2.47. The molecule has 11 heavy (non-hydrogen) atoms. The van der Waals surface area contributed by atoms with Crippen LogP contribution in [0.25, 0.3) is 6.08 Å². The lowest BCUT2D eigenvalue weighted by Crippen LogP contribution is -2.25. The van der Waals surface area contributed by atoms with E-state index in [1.54, 1.807) is 0 Å². The summed E-state index contributed by atoms with van der Waals surface area (Å²) in [6.07, 6.45) is 4.14. The fourth-order valence-corrected chi connectivity index (χ4v) is 1.39. The van der Waals surface area contributed by atoms with Crippen molar-refractivity contribution in [1.29, 1.82) is 0 Å². The van der Waals surface area contributed by atoms with E-state index in [0.717, 1.165) is 0 Å². The summed E-state index contributed by atoms with van der Waals surface area (Å²) in [5.41, 5.74) is 5.25. The molecule has 0 spiro atoms. The summed E-state index contributed by atoms with van der Waals surface area (Å²) in [7, 11) is 0. The molecule has 0 fully saturated rings. The Labute approximate surface area is 65.7 Å². The fourth-order valence-electron chi connectivity index (χ4n) is 1.39. The fraction of sp³-hybridized carbons (Fsp3) is 0.111. The van der Waals surface area contributed by atoms with E-state index >= 15 is 0 Å². The second-order valence-corrected chi connectivity index (χ2v) is 2.63. The van der Waals surface area contributed by atoms with Gasteiger partial charge in [-0.25, -0.2) is 5.43 Å². The maximum Gasteiger partial charge on any atom is 0.0649 e. The van der Waals surface area contributed by atoms with Crippen molar-refractivity contribution in [1.82, 2.24) is 5.43 Å². The topological polar surface area (TPSA) is 38.0 Å². The van der Waals surface area contributed by atoms with E-state index in [9.17, 15) is 0 Å². The normalized spacial score (nSPS) is 20.3. The average molecular weight is 146 g/mol. The lowest BCUT2D eigenvalue weighted by atomic mass is 10.1. The van der Waals surface area contributed by atoms with Crippen molar-refractivity contribution < 1.29 is 0 Å². The van der Waals surface area contributed by atoms with Crippen molar-refractivity contribution in [2.45, 2.75) is 6.04 Å². The molecule has 56 valence electrons. The predicted octanol–water partition coefficient (Wildman–Crippen LogP) is 1.22. The monoisotopic (exact) mass is 146 g/mol. The van der Waals surface area contributed by atoms with Gasteiger partial charge in [-0.05, 0) is 11.1 Å². The van der Waals surface area contributed by atoms with Crippen molar-refractivity contribution in [2.24, 2.45) is 5.84 Å². The van der Waals surface area contributed by atoms with E-state index in [1.807, 2.05) is 12.1 Å². The third-order valence-electron chi connectivity index (χ3n) is 1.98. The molecule has 2 rings (SSSR count). The number of hydrazine groups is 1. The molecule has 0 aromatic heterocycles. The predicted molar refractivity (Wildman–Crippen MR) is 45.5 cm³/mol. The molecule has 0 aliphatic heterocycles. The zero-order valence-electron chi connectivity index (χ0n) is 6.12. The quantitative estimate of drug-likeness (QED) is 0.461. The van der Waals surface area contributed by atoms with Gasteiger partial charge in [-0.3, -0.25) is 5.84 Å². The lowest BCUT2D eigenvalue weighted by molar-refractivity contribution is 0.664. The number of nitrogens with one attached hydrogen (secondary N) is 1. The van der Waals surface area contributed by atoms with Crippen LogP contribution in [0.15, 0.2) is 30.3 Å². The van der Waals surface area contributed by atoms with Crippen LogP contribution in [0.2, 0.25) is 0 Å². The molecule has 1 atom stereocenters. The number of hydrogen-bond acceptors (Lipinski definition) is 2. The van der Waals surface area contributed by atoms with E-state index in [2.05, 4.69) is 29.7 Å². The molecule has 1 aliphatic carbocycles. The van der Waals surface area contributed by atoms with Crippen molar-refractivity contribution in [3.8, 4) is 0 Å². The molecule has 0 saturated carbocycles. The van der Waals surface area contributed by atoms with Crippen molar-refractivity contribution in [2.75, 3.05) is 0 Å². The van der Waals surface area contributed by atoms with Crippen molar-refractivity contribution >= 4 is 6.08 Å². The first kappa shape index (κ1) is 6.58. The minimum Gasteiger partial charge on any atom is -0.271 e. The van der Waals surface area contributed by atoms with Crippen LogP contribution in [-0.4, -0.2) is 0 Å². The molecule has 0 amide bonds. The summed E-state index contributed by atoms with van der Waals surface area (Å²) >= 11 is 0. The van der Waals surface area contributed by atoms with E-state index in [0.29, 0.717) is 0 Å². The Hall–Kier alpha value is -1.12. The highest BCUT2D eigenvalue weighted by Gasteiger charge is 2.13. The van der Waals surface area contributed by atoms with E-state index in [-0.39, 0.29) is 6.04 Å². The van der Waals surface area contributed by atoms with E-state index in [1.165, 1.54) is 11.1 Å². The first-order valence-corrected chi connectivity index (χ1v) is 3.65. The van der Waals surface area contributed by atoms with Gasteiger partial charge in [0.1, 0.15) is 0 Å². The van der Waals surface area contributed by atoms with Crippen LogP contribution < -0.4 is 11.3 Å². The van der Waals surface area contributed by atoms with Gasteiger partial charge >= 0.3 is 0 Å². The summed E-state index contributed by atoms with van der Waals surface area (Å²) in [5, 5.41) is 0. The minimum absolute atomic E-state index is 0.200. The van der Waals surface area contributed by atoms with Crippen LogP contribution in [-0.2, 0) is 0 Å². The number of fused-ring (bicyclic) bond motifs is 1. The molecular formula is C9H10N2. The van der Waals surface area contributed by atoms with Gasteiger partial charge in [0, 0.05) is 0 Å². The smallest absolute Gasteiger partial charge is 0.0649 e. The van der Waals surface area contributed by atoms with Crippen LogP contribution in [0, 0.1) is 0 Å². The molecule has 0 radical (unpaired) electrons. The maximum absolute atomic E-state index is 5.35. The highest BCUT2D eigenvalue weighted by Crippen LogP contribution is 2.26. The summed E-state index contributed by atoms with van der Waals surface area (Å²) < 4.78 is 0. The van der Waals surface area contributed by atoms with Crippen LogP contribution in [0.1, 0.15) is 17.2 Å². The van der Waals surface area contributed by atoms with Crippen LogP contribution >= 0.6 is 0 Å². The molecule has 1 aliphatic rings. The Balaban J connectivity index is 2.46. The third-order valence-corrected chi connectivity index (χ3v) is 1.98. The van der Waals surface area contributed by atoms with Gasteiger partial charge in [-0.15, -0.1) is 0 Å². The highest BCUT2D eigenvalue weighted by molar-refractivity contribution is 5.61. The number of rotatable bonds is 1. The Bertz CT molecular complexity index is 291. The van der Waals surface area contributed by atoms with Crippen LogP contribution in [0.5, 0.6) is 0 Å². The molecule has 1 unspecified atom stereocenters. The summed E-state index contributed by atoms with van der Waals surface area (Å²) in [4.78, 5) is 0. The molecule has 0 heterocycles. The SMILES string of the molecule is NNC1C=Cc2ccccc21. The minimum atomic E-state index is 0.200. The maximum atomic E-state index is 5.35. The molecule has 3 N–H and O–H groups in total. The van der Waals surface area contributed by atoms with Gasteiger partial charge in [-0.2, -0.15) is 0 Å². The molecule has 0 bridgehead atoms. The van der Waals surface area contributed by atoms with Gasteiger partial charge in [-0.1, -0.05) is 36.4 Å². The largest absolute Gasteiger partial charge is 0.271 e. The zero-order valence-corrected chi connectivity index (χ0v) is 6.12. The first-order valence-electron chi connectivity index (χ1n) is 3.65. The Morgan fingerprint density at radius 1 is 1.27 bits per heavy atom. The number of hydrogen-bond donors (Lipinski definition) is 2. The van der Waals surface area contributed by atoms with E-state index < -0.39 is 0 Å². The molecular weight excluding hydrogens is 136 g/mol. The van der Waals surface area contributed by atoms with Gasteiger partial charge in [0.05, 0.1) is 6.04 Å². The first-order chi connectivity index (χ1) is 5.42. The third kappa shape index (κ3) is 0.964. The standard InChI is InChI=1S/C9H10N2/c10-11-9-6-5-7-3-1-2-4-8(7)9/h1-6,9,11H,10H2. The summed E-state index contributed by atoms with van der Waals surface area (Å²) in [5.74, 6) is 5.35. The Kier molecular flexibility index (Phi) is 1.49. The molecule has 2 nitrogen and oxygen atoms in total. The van der Waals surface area contributed by atoms with Gasteiger partial charge in [0.25, 0.3) is 0 Å². The molecule has 1 aromatic rings. The molecule has 2 heteroatoms. The second-order valence-electron chi connectivity index (χ2n) is 2.63.